The van der Waals surface area contributed by atoms with Crippen LogP contribution < -0.4 is 5.32 Å². The zero-order chi connectivity index (χ0) is 18.2. The molecule has 5 nitrogen and oxygen atoms in total. The summed E-state index contributed by atoms with van der Waals surface area (Å²) in [5.74, 6) is 0.415. The number of benzene rings is 2. The molecule has 0 amide bonds. The Kier molecular flexibility index (Phi) is 4.86. The van der Waals surface area contributed by atoms with E-state index < -0.39 is 15.1 Å². The molecule has 1 heterocycles. The van der Waals surface area contributed by atoms with Crippen LogP contribution in [0.4, 0.5) is 11.5 Å². The summed E-state index contributed by atoms with van der Waals surface area (Å²) >= 11 is 12.2. The monoisotopic (exact) mass is 395 g/mol. The van der Waals surface area contributed by atoms with E-state index in [4.69, 9.17) is 23.2 Å². The number of fused-ring (bicyclic) bond motifs is 1. The van der Waals surface area contributed by atoms with Crippen molar-refractivity contribution in [3.8, 4) is 0 Å². The molecule has 3 rings (SSSR count). The van der Waals surface area contributed by atoms with Gasteiger partial charge in [0, 0.05) is 5.39 Å². The summed E-state index contributed by atoms with van der Waals surface area (Å²) in [7, 11) is -3.59. The topological polar surface area (TPSA) is 72.0 Å². The summed E-state index contributed by atoms with van der Waals surface area (Å²) in [6.07, 6.45) is 0. The minimum absolute atomic E-state index is 0.0467. The van der Waals surface area contributed by atoms with Crippen LogP contribution in [0.2, 0.25) is 10.3 Å². The second-order valence-corrected chi connectivity index (χ2v) is 8.88. The molecule has 0 aliphatic carbocycles. The minimum atomic E-state index is -3.59. The van der Waals surface area contributed by atoms with Crippen LogP contribution in [0.25, 0.3) is 10.9 Å². The fourth-order valence-corrected chi connectivity index (χ4v) is 4.31. The van der Waals surface area contributed by atoms with E-state index in [9.17, 15) is 8.42 Å². The van der Waals surface area contributed by atoms with E-state index in [2.05, 4.69) is 15.3 Å². The summed E-state index contributed by atoms with van der Waals surface area (Å²) in [5.41, 5.74) is 1.00. The molecule has 0 fully saturated rings. The fourth-order valence-electron chi connectivity index (χ4n) is 2.40. The van der Waals surface area contributed by atoms with Gasteiger partial charge in [0.25, 0.3) is 0 Å². The predicted molar refractivity (Wildman–Crippen MR) is 102 cm³/mol. The molecule has 0 atom stereocenters. The largest absolute Gasteiger partial charge is 0.338 e. The first-order valence-electron chi connectivity index (χ1n) is 7.52. The van der Waals surface area contributed by atoms with E-state index in [1.54, 1.807) is 38.1 Å². The number of aromatic nitrogens is 2. The van der Waals surface area contributed by atoms with Gasteiger partial charge in [0.05, 0.1) is 21.5 Å². The maximum absolute atomic E-state index is 12.7. The van der Waals surface area contributed by atoms with Gasteiger partial charge in [-0.2, -0.15) is 4.98 Å². The molecule has 25 heavy (non-hydrogen) atoms. The van der Waals surface area contributed by atoms with Crippen molar-refractivity contribution in [1.82, 2.24) is 9.97 Å². The molecule has 1 N–H and O–H groups in total. The highest BCUT2D eigenvalue weighted by molar-refractivity contribution is 7.92. The van der Waals surface area contributed by atoms with Gasteiger partial charge in [-0.3, -0.25) is 0 Å². The zero-order valence-corrected chi connectivity index (χ0v) is 15.8. The number of rotatable bonds is 4. The average molecular weight is 396 g/mol. The quantitative estimate of drug-likeness (QED) is 0.638. The lowest BCUT2D eigenvalue weighted by molar-refractivity contribution is 0.588. The summed E-state index contributed by atoms with van der Waals surface area (Å²) in [4.78, 5) is 8.41. The lowest BCUT2D eigenvalue weighted by Crippen LogP contribution is -2.16. The predicted octanol–water partition coefficient (Wildman–Crippen LogP) is 4.86. The number of para-hydroxylation sites is 1. The molecule has 130 valence electrons. The summed E-state index contributed by atoms with van der Waals surface area (Å²) in [6, 6.07) is 12.2. The van der Waals surface area contributed by atoms with E-state index >= 15 is 0 Å². The third kappa shape index (κ3) is 3.42. The summed E-state index contributed by atoms with van der Waals surface area (Å²) < 4.78 is 25.4. The van der Waals surface area contributed by atoms with Crippen LogP contribution in [0.3, 0.4) is 0 Å². The van der Waals surface area contributed by atoms with Crippen molar-refractivity contribution in [1.29, 1.82) is 0 Å². The van der Waals surface area contributed by atoms with Gasteiger partial charge >= 0.3 is 0 Å². The van der Waals surface area contributed by atoms with Crippen LogP contribution in [-0.4, -0.2) is 23.6 Å². The molecule has 0 aliphatic rings. The van der Waals surface area contributed by atoms with E-state index in [1.807, 2.05) is 18.2 Å². The lowest BCUT2D eigenvalue weighted by atomic mass is 10.2. The first-order chi connectivity index (χ1) is 11.8. The smallest absolute Gasteiger partial charge is 0.224 e. The van der Waals surface area contributed by atoms with Crippen LogP contribution in [-0.2, 0) is 9.84 Å². The number of hydrogen-bond acceptors (Lipinski definition) is 5. The van der Waals surface area contributed by atoms with E-state index in [-0.39, 0.29) is 15.2 Å². The number of nitrogens with zero attached hydrogens (tertiary/aromatic N) is 2. The molecule has 8 heteroatoms. The molecule has 3 aromatic rings. The fraction of sp³-hybridized carbons (Fsp3) is 0.176. The standard InChI is InChI=1S/C17H15Cl2N3O2S/c1-10(2)25(23,24)15-12(18)7-5-9-14(15)20-16-11-6-3-4-8-13(11)21-17(19)22-16/h3-10H,1-2H3,(H,20,21,22). The SMILES string of the molecule is CC(C)S(=O)(=O)c1c(Cl)cccc1Nc1nc(Cl)nc2ccccc12. The van der Waals surface area contributed by atoms with Crippen LogP contribution >= 0.6 is 23.2 Å². The van der Waals surface area contributed by atoms with Gasteiger partial charge < -0.3 is 5.32 Å². The molecule has 0 unspecified atom stereocenters. The molecule has 0 saturated carbocycles. The van der Waals surface area contributed by atoms with Crippen molar-refractivity contribution in [3.63, 3.8) is 0 Å². The summed E-state index contributed by atoms with van der Waals surface area (Å²) in [6.45, 7) is 3.22. The maximum Gasteiger partial charge on any atom is 0.224 e. The van der Waals surface area contributed by atoms with E-state index in [1.165, 1.54) is 0 Å². The highest BCUT2D eigenvalue weighted by Gasteiger charge is 2.26. The maximum atomic E-state index is 12.7. The normalized spacial score (nSPS) is 11.9. The van der Waals surface area contributed by atoms with Gasteiger partial charge in [0.15, 0.2) is 9.84 Å². The molecule has 0 spiro atoms. The van der Waals surface area contributed by atoms with Crippen LogP contribution in [0.1, 0.15) is 13.8 Å². The Balaban J connectivity index is 2.20. The number of anilines is 2. The highest BCUT2D eigenvalue weighted by atomic mass is 35.5. The van der Waals surface area contributed by atoms with Gasteiger partial charge in [-0.25, -0.2) is 13.4 Å². The Bertz CT molecular complexity index is 1050. The van der Waals surface area contributed by atoms with Crippen LogP contribution in [0.5, 0.6) is 0 Å². The molecule has 0 bridgehead atoms. The number of hydrogen-bond donors (Lipinski definition) is 1. The van der Waals surface area contributed by atoms with E-state index in [0.717, 1.165) is 5.39 Å². The van der Waals surface area contributed by atoms with Gasteiger partial charge in [0.1, 0.15) is 10.7 Å². The molecule has 0 saturated heterocycles. The molecule has 0 radical (unpaired) electrons. The van der Waals surface area contributed by atoms with Crippen molar-refractivity contribution in [2.75, 3.05) is 5.32 Å². The van der Waals surface area contributed by atoms with Gasteiger partial charge in [-0.15, -0.1) is 0 Å². The third-order valence-corrected chi connectivity index (χ3v) is 6.55. The zero-order valence-electron chi connectivity index (χ0n) is 13.5. The Morgan fingerprint density at radius 1 is 1.00 bits per heavy atom. The van der Waals surface area contributed by atoms with Crippen molar-refractivity contribution >= 4 is 55.4 Å². The first kappa shape index (κ1) is 17.9. The van der Waals surface area contributed by atoms with Gasteiger partial charge in [0.2, 0.25) is 5.28 Å². The second kappa shape index (κ2) is 6.78. The van der Waals surface area contributed by atoms with E-state index in [0.29, 0.717) is 17.0 Å². The first-order valence-corrected chi connectivity index (χ1v) is 9.82. The molecule has 2 aromatic carbocycles. The number of halogens is 2. The highest BCUT2D eigenvalue weighted by Crippen LogP contribution is 2.35. The van der Waals surface area contributed by atoms with Gasteiger partial charge in [-0.05, 0) is 49.7 Å². The average Bonchev–Trinajstić information content (AvgIpc) is 2.54. The Morgan fingerprint density at radius 3 is 2.44 bits per heavy atom. The Morgan fingerprint density at radius 2 is 1.72 bits per heavy atom. The summed E-state index contributed by atoms with van der Waals surface area (Å²) in [5, 5.41) is 3.39. The van der Waals surface area contributed by atoms with Crippen LogP contribution in [0, 0.1) is 0 Å². The van der Waals surface area contributed by atoms with Crippen molar-refractivity contribution in [2.24, 2.45) is 0 Å². The minimum Gasteiger partial charge on any atom is -0.338 e. The molecule has 1 aromatic heterocycles. The van der Waals surface area contributed by atoms with Crippen molar-refractivity contribution in [2.45, 2.75) is 24.0 Å². The lowest BCUT2D eigenvalue weighted by Gasteiger charge is -2.16. The van der Waals surface area contributed by atoms with Gasteiger partial charge in [-0.1, -0.05) is 29.8 Å². The number of sulfone groups is 1. The molecular weight excluding hydrogens is 381 g/mol. The van der Waals surface area contributed by atoms with Crippen LogP contribution in [0.15, 0.2) is 47.4 Å². The third-order valence-electron chi connectivity index (χ3n) is 3.70. The number of nitrogens with one attached hydrogen (secondary N) is 1. The van der Waals surface area contributed by atoms with Crippen molar-refractivity contribution < 1.29 is 8.42 Å². The molecule has 0 aliphatic heterocycles. The molecular formula is C17H15Cl2N3O2S. The second-order valence-electron chi connectivity index (χ2n) is 5.69. The Labute approximate surface area is 155 Å². The van der Waals surface area contributed by atoms with Crippen molar-refractivity contribution in [3.05, 3.63) is 52.8 Å². The Hall–Kier alpha value is -1.89.